The van der Waals surface area contributed by atoms with E-state index in [1.807, 2.05) is 0 Å². The molecule has 2 N–H and O–H groups in total. The van der Waals surface area contributed by atoms with Crippen LogP contribution in [-0.2, 0) is 71.4 Å². The summed E-state index contributed by atoms with van der Waals surface area (Å²) in [5, 5.41) is 21.4. The van der Waals surface area contributed by atoms with Crippen LogP contribution in [0.4, 0.5) is 0 Å². The van der Waals surface area contributed by atoms with Crippen molar-refractivity contribution in [2.75, 3.05) is 13.2 Å². The van der Waals surface area contributed by atoms with Gasteiger partial charge in [0.15, 0.2) is 37.0 Å². The van der Waals surface area contributed by atoms with Gasteiger partial charge in [-0.25, -0.2) is 0 Å². The molecule has 0 radical (unpaired) electrons. The van der Waals surface area contributed by atoms with E-state index >= 15 is 0 Å². The molecule has 0 saturated carbocycles. The molecule has 2 aliphatic heterocycles. The Balaban J connectivity index is 2.57. The average molecular weight is 595 g/mol. The van der Waals surface area contributed by atoms with E-state index < -0.39 is 110 Å². The first-order valence-corrected chi connectivity index (χ1v) is 12.4. The fourth-order valence-electron chi connectivity index (χ4n) is 4.17. The van der Waals surface area contributed by atoms with Crippen LogP contribution in [0.3, 0.4) is 0 Å². The van der Waals surface area contributed by atoms with E-state index in [-0.39, 0.29) is 0 Å². The summed E-state index contributed by atoms with van der Waals surface area (Å²) in [7, 11) is 0. The smallest absolute Gasteiger partial charge is 0.303 e. The van der Waals surface area contributed by atoms with Gasteiger partial charge >= 0.3 is 35.8 Å². The summed E-state index contributed by atoms with van der Waals surface area (Å²) < 4.78 is 48.0. The van der Waals surface area contributed by atoms with Gasteiger partial charge in [0.05, 0.1) is 0 Å². The second-order valence-electron chi connectivity index (χ2n) is 9.10. The van der Waals surface area contributed by atoms with Gasteiger partial charge in [-0.1, -0.05) is 0 Å². The molecule has 17 nitrogen and oxygen atoms in total. The Bertz CT molecular complexity index is 981. The van der Waals surface area contributed by atoms with Crippen molar-refractivity contribution in [3.63, 3.8) is 0 Å². The van der Waals surface area contributed by atoms with Gasteiger partial charge in [-0.15, -0.1) is 0 Å². The van der Waals surface area contributed by atoms with Gasteiger partial charge in [0, 0.05) is 41.5 Å². The molecule has 0 aliphatic carbocycles. The van der Waals surface area contributed by atoms with E-state index in [9.17, 15) is 39.0 Å². The predicted molar refractivity (Wildman–Crippen MR) is 126 cm³/mol. The van der Waals surface area contributed by atoms with Crippen LogP contribution in [0.25, 0.3) is 0 Å². The quantitative estimate of drug-likeness (QED) is 0.206. The van der Waals surface area contributed by atoms with Crippen LogP contribution < -0.4 is 0 Å². The molecule has 2 fully saturated rings. The van der Waals surface area contributed by atoms with Crippen molar-refractivity contribution in [3.8, 4) is 0 Å². The number of ether oxygens (including phenoxy) is 9. The SMILES string of the molecule is CC(=O)OC[C@@H]1O[C@H](O[C@H]2[C@@H](OC(C)=O)[C@@H](OC(C)=O)[C@@H](O)O[C@H]2COC(C)=O)[C@@H](OC(C)=O)[C@H](OC(C)=O)[C@H]1O. The zero-order chi connectivity index (χ0) is 31.0. The van der Waals surface area contributed by atoms with Gasteiger partial charge in [-0.05, 0) is 0 Å². The molecule has 0 amide bonds. The number of carbonyl (C=O) groups excluding carboxylic acids is 6. The minimum Gasteiger partial charge on any atom is -0.463 e. The first-order valence-electron chi connectivity index (χ1n) is 12.4. The van der Waals surface area contributed by atoms with Crippen LogP contribution in [0.2, 0.25) is 0 Å². The Morgan fingerprint density at radius 2 is 0.976 bits per heavy atom. The van der Waals surface area contributed by atoms with E-state index in [4.69, 9.17) is 42.6 Å². The van der Waals surface area contributed by atoms with E-state index in [1.54, 1.807) is 0 Å². The van der Waals surface area contributed by atoms with Gasteiger partial charge < -0.3 is 52.8 Å². The molecule has 41 heavy (non-hydrogen) atoms. The van der Waals surface area contributed by atoms with Crippen LogP contribution in [0.5, 0.6) is 0 Å². The van der Waals surface area contributed by atoms with Crippen molar-refractivity contribution in [3.05, 3.63) is 0 Å². The Hall–Kier alpha value is -3.38. The van der Waals surface area contributed by atoms with Gasteiger partial charge in [0.25, 0.3) is 0 Å². The number of hydrogen-bond acceptors (Lipinski definition) is 17. The molecule has 10 atom stereocenters. The van der Waals surface area contributed by atoms with E-state index in [1.165, 1.54) is 0 Å². The minimum atomic E-state index is -1.88. The fourth-order valence-corrected chi connectivity index (χ4v) is 4.17. The lowest BCUT2D eigenvalue weighted by molar-refractivity contribution is -0.357. The zero-order valence-electron chi connectivity index (χ0n) is 23.2. The molecular weight excluding hydrogens is 560 g/mol. The highest BCUT2D eigenvalue weighted by atomic mass is 16.8. The maximum absolute atomic E-state index is 12.0. The molecule has 0 aromatic carbocycles. The highest BCUT2D eigenvalue weighted by Crippen LogP contribution is 2.33. The lowest BCUT2D eigenvalue weighted by Crippen LogP contribution is -2.66. The molecule has 2 saturated heterocycles. The number of rotatable bonds is 10. The van der Waals surface area contributed by atoms with Crippen molar-refractivity contribution in [2.45, 2.75) is 103 Å². The normalized spacial score (nSPS) is 33.1. The molecule has 0 aromatic rings. The summed E-state index contributed by atoms with van der Waals surface area (Å²) in [6.07, 6.45) is -16.3. The largest absolute Gasteiger partial charge is 0.463 e. The monoisotopic (exact) mass is 594 g/mol. The summed E-state index contributed by atoms with van der Waals surface area (Å²) >= 11 is 0. The van der Waals surface area contributed by atoms with Crippen LogP contribution in [0, 0.1) is 0 Å². The maximum Gasteiger partial charge on any atom is 0.303 e. The molecule has 0 bridgehead atoms. The summed E-state index contributed by atoms with van der Waals surface area (Å²) in [5.41, 5.74) is 0. The van der Waals surface area contributed by atoms with E-state index in [2.05, 4.69) is 0 Å². The third-order valence-electron chi connectivity index (χ3n) is 5.63. The zero-order valence-corrected chi connectivity index (χ0v) is 23.2. The summed E-state index contributed by atoms with van der Waals surface area (Å²) in [6.45, 7) is 5.14. The van der Waals surface area contributed by atoms with Gasteiger partial charge in [0.1, 0.15) is 37.6 Å². The van der Waals surface area contributed by atoms with Crippen molar-refractivity contribution in [1.29, 1.82) is 0 Å². The maximum atomic E-state index is 12.0. The Morgan fingerprint density at radius 1 is 0.537 bits per heavy atom. The van der Waals surface area contributed by atoms with Crippen molar-refractivity contribution in [2.24, 2.45) is 0 Å². The number of carbonyl (C=O) groups is 6. The molecule has 0 unspecified atom stereocenters. The molecule has 2 aliphatic rings. The summed E-state index contributed by atoms with van der Waals surface area (Å²) in [6, 6.07) is 0. The van der Waals surface area contributed by atoms with E-state index in [0.717, 1.165) is 41.5 Å². The predicted octanol–water partition coefficient (Wildman–Crippen LogP) is -1.97. The summed E-state index contributed by atoms with van der Waals surface area (Å²) in [4.78, 5) is 70.6. The third-order valence-corrected chi connectivity index (χ3v) is 5.63. The molecule has 232 valence electrons. The Labute approximate surface area is 234 Å². The van der Waals surface area contributed by atoms with Crippen LogP contribution in [0.15, 0.2) is 0 Å². The highest BCUT2D eigenvalue weighted by Gasteiger charge is 2.56. The van der Waals surface area contributed by atoms with Crippen LogP contribution >= 0.6 is 0 Å². The Kier molecular flexibility index (Phi) is 12.4. The lowest BCUT2D eigenvalue weighted by atomic mass is 9.96. The second kappa shape index (κ2) is 15.0. The Morgan fingerprint density at radius 3 is 1.46 bits per heavy atom. The number of hydrogen-bond donors (Lipinski definition) is 2. The number of esters is 6. The number of aliphatic hydroxyl groups excluding tert-OH is 2. The van der Waals surface area contributed by atoms with Gasteiger partial charge in [-0.3, -0.25) is 28.8 Å². The van der Waals surface area contributed by atoms with Crippen molar-refractivity contribution in [1.82, 2.24) is 0 Å². The molecule has 17 heteroatoms. The highest BCUT2D eigenvalue weighted by molar-refractivity contribution is 5.68. The first-order chi connectivity index (χ1) is 19.1. The number of aliphatic hydroxyl groups is 2. The topological polar surface area (TPSA) is 226 Å². The summed E-state index contributed by atoms with van der Waals surface area (Å²) in [5.74, 6) is -5.07. The van der Waals surface area contributed by atoms with Crippen LogP contribution in [0.1, 0.15) is 41.5 Å². The second-order valence-corrected chi connectivity index (χ2v) is 9.10. The average Bonchev–Trinajstić information content (AvgIpc) is 2.83. The molecule has 0 spiro atoms. The van der Waals surface area contributed by atoms with Crippen LogP contribution in [-0.4, -0.2) is 121 Å². The molecule has 0 aromatic heterocycles. The standard InChI is InChI=1S/C24H34O17/c1-9(25)33-7-15-17(31)19(35-11(3)27)22(38-14(6)30)24(40-15)41-18-16(8-34-10(2)26)39-23(32)21(37-13(5)29)20(18)36-12(4)28/h15-24,31-32H,7-8H2,1-6H3/t15-,16-,17-,18+,19+,20+,21+,22-,23-,24+/m0/s1. The molecule has 2 heterocycles. The van der Waals surface area contributed by atoms with Crippen molar-refractivity contribution >= 4 is 35.8 Å². The third kappa shape index (κ3) is 9.89. The lowest BCUT2D eigenvalue weighted by Gasteiger charge is -2.47. The minimum absolute atomic E-state index is 0.554. The first kappa shape index (κ1) is 33.8. The van der Waals surface area contributed by atoms with Gasteiger partial charge in [-0.2, -0.15) is 0 Å². The van der Waals surface area contributed by atoms with Gasteiger partial charge in [0.2, 0.25) is 0 Å². The van der Waals surface area contributed by atoms with Crippen molar-refractivity contribution < 1.29 is 81.6 Å². The fraction of sp³-hybridized carbons (Fsp3) is 0.750. The molecular formula is C24H34O17. The van der Waals surface area contributed by atoms with E-state index in [0.29, 0.717) is 0 Å². The molecule has 2 rings (SSSR count).